The molecule has 0 atom stereocenters. The second-order valence-electron chi connectivity index (χ2n) is 4.02. The van der Waals surface area contributed by atoms with Crippen LogP contribution in [-0.2, 0) is 9.53 Å². The molecule has 0 saturated heterocycles. The summed E-state index contributed by atoms with van der Waals surface area (Å²) < 4.78 is 4.94. The van der Waals surface area contributed by atoms with Crippen LogP contribution in [0.15, 0.2) is 30.3 Å². The van der Waals surface area contributed by atoms with Gasteiger partial charge in [-0.2, -0.15) is 0 Å². The second kappa shape index (κ2) is 8.08. The number of nitrogens with one attached hydrogen (secondary N) is 1. The van der Waals surface area contributed by atoms with Crippen molar-refractivity contribution in [2.45, 2.75) is 20.3 Å². The molecule has 0 aliphatic carbocycles. The van der Waals surface area contributed by atoms with E-state index >= 15 is 0 Å². The third-order valence-corrected chi connectivity index (χ3v) is 2.39. The molecule has 0 spiro atoms. The minimum Gasteiger partial charge on any atom is -0.462 e. The van der Waals surface area contributed by atoms with Crippen LogP contribution in [0.2, 0.25) is 0 Å². The molecular formula is C15H19NO3. The quantitative estimate of drug-likeness (QED) is 0.632. The number of hydrogen-bond acceptors (Lipinski definition) is 3. The minimum absolute atomic E-state index is 0.0299. The fourth-order valence-electron chi connectivity index (χ4n) is 1.53. The van der Waals surface area contributed by atoms with Gasteiger partial charge in [-0.3, -0.25) is 4.79 Å². The Morgan fingerprint density at radius 3 is 2.84 bits per heavy atom. The number of carbonyl (C=O) groups is 2. The molecule has 0 aromatic heterocycles. The molecule has 1 aromatic carbocycles. The van der Waals surface area contributed by atoms with Crippen LogP contribution >= 0.6 is 0 Å². The number of amides is 1. The van der Waals surface area contributed by atoms with Crippen molar-refractivity contribution in [2.75, 3.05) is 13.2 Å². The zero-order chi connectivity index (χ0) is 14.1. The highest BCUT2D eigenvalue weighted by Crippen LogP contribution is 2.09. The lowest BCUT2D eigenvalue weighted by Gasteiger charge is -2.02. The lowest BCUT2D eigenvalue weighted by molar-refractivity contribution is -0.118. The highest BCUT2D eigenvalue weighted by atomic mass is 16.5. The normalized spacial score (nSPS) is 10.4. The van der Waals surface area contributed by atoms with E-state index in [2.05, 4.69) is 5.32 Å². The molecule has 0 saturated carbocycles. The monoisotopic (exact) mass is 261 g/mol. The molecule has 102 valence electrons. The number of hydrogen-bond donors (Lipinski definition) is 1. The van der Waals surface area contributed by atoms with Crippen LogP contribution < -0.4 is 5.32 Å². The zero-order valence-corrected chi connectivity index (χ0v) is 11.3. The van der Waals surface area contributed by atoms with Crippen molar-refractivity contribution >= 4 is 18.0 Å². The van der Waals surface area contributed by atoms with Gasteiger partial charge in [0, 0.05) is 13.5 Å². The molecule has 4 heteroatoms. The van der Waals surface area contributed by atoms with Crippen molar-refractivity contribution in [2.24, 2.45) is 0 Å². The Kier molecular flexibility index (Phi) is 6.36. The highest BCUT2D eigenvalue weighted by molar-refractivity contribution is 5.90. The first-order chi connectivity index (χ1) is 9.13. The first-order valence-electron chi connectivity index (χ1n) is 6.31. The molecule has 0 unspecified atom stereocenters. The second-order valence-corrected chi connectivity index (χ2v) is 4.02. The molecule has 19 heavy (non-hydrogen) atoms. The molecule has 0 heterocycles. The smallest absolute Gasteiger partial charge is 0.338 e. The van der Waals surface area contributed by atoms with Gasteiger partial charge < -0.3 is 10.1 Å². The summed E-state index contributed by atoms with van der Waals surface area (Å²) in [6.45, 7) is 4.26. The molecule has 0 aliphatic rings. The summed E-state index contributed by atoms with van der Waals surface area (Å²) in [6.07, 6.45) is 4.63. The standard InChI is InChI=1S/C15H19NO3/c1-3-19-15(18)14-9-6-8-13(11-14)7-4-5-10-16-12(2)17/h4,6-9,11H,3,5,10H2,1-2H3,(H,16,17). The molecule has 0 radical (unpaired) electrons. The first kappa shape index (κ1) is 15.0. The maximum Gasteiger partial charge on any atom is 0.338 e. The summed E-state index contributed by atoms with van der Waals surface area (Å²) in [5, 5.41) is 2.71. The van der Waals surface area contributed by atoms with E-state index in [-0.39, 0.29) is 11.9 Å². The number of rotatable bonds is 6. The molecule has 1 amide bonds. The van der Waals surface area contributed by atoms with Gasteiger partial charge in [0.15, 0.2) is 0 Å². The maximum absolute atomic E-state index is 11.6. The van der Waals surface area contributed by atoms with Crippen molar-refractivity contribution in [1.82, 2.24) is 5.32 Å². The van der Waals surface area contributed by atoms with Crippen LogP contribution in [0.1, 0.15) is 36.2 Å². The van der Waals surface area contributed by atoms with E-state index < -0.39 is 0 Å². The Morgan fingerprint density at radius 2 is 2.16 bits per heavy atom. The molecular weight excluding hydrogens is 242 g/mol. The number of carbonyl (C=O) groups excluding carboxylic acids is 2. The van der Waals surface area contributed by atoms with E-state index in [4.69, 9.17) is 4.74 Å². The Hall–Kier alpha value is -2.10. The van der Waals surface area contributed by atoms with Gasteiger partial charge in [-0.25, -0.2) is 4.79 Å². The van der Waals surface area contributed by atoms with Gasteiger partial charge in [0.1, 0.15) is 0 Å². The number of benzene rings is 1. The van der Waals surface area contributed by atoms with Crippen molar-refractivity contribution in [1.29, 1.82) is 0 Å². The van der Waals surface area contributed by atoms with E-state index in [0.29, 0.717) is 18.7 Å². The summed E-state index contributed by atoms with van der Waals surface area (Å²) in [4.78, 5) is 22.2. The van der Waals surface area contributed by atoms with Crippen LogP contribution in [-0.4, -0.2) is 25.0 Å². The summed E-state index contributed by atoms with van der Waals surface area (Å²) in [7, 11) is 0. The van der Waals surface area contributed by atoms with E-state index in [0.717, 1.165) is 12.0 Å². The lowest BCUT2D eigenvalue weighted by Crippen LogP contribution is -2.20. The van der Waals surface area contributed by atoms with Gasteiger partial charge in [0.25, 0.3) is 0 Å². The third-order valence-electron chi connectivity index (χ3n) is 2.39. The lowest BCUT2D eigenvalue weighted by atomic mass is 10.1. The van der Waals surface area contributed by atoms with Gasteiger partial charge in [0.05, 0.1) is 12.2 Å². The van der Waals surface area contributed by atoms with Gasteiger partial charge in [-0.15, -0.1) is 0 Å². The fourth-order valence-corrected chi connectivity index (χ4v) is 1.53. The largest absolute Gasteiger partial charge is 0.462 e. The van der Waals surface area contributed by atoms with E-state index in [1.54, 1.807) is 19.1 Å². The Labute approximate surface area is 113 Å². The van der Waals surface area contributed by atoms with Gasteiger partial charge in [-0.1, -0.05) is 24.3 Å². The molecule has 0 bridgehead atoms. The van der Waals surface area contributed by atoms with E-state index in [9.17, 15) is 9.59 Å². The van der Waals surface area contributed by atoms with Crippen molar-refractivity contribution in [3.05, 3.63) is 41.5 Å². The van der Waals surface area contributed by atoms with Crippen LogP contribution in [0, 0.1) is 0 Å². The summed E-state index contributed by atoms with van der Waals surface area (Å²) in [6, 6.07) is 7.25. The predicted octanol–water partition coefficient (Wildman–Crippen LogP) is 2.40. The average molecular weight is 261 g/mol. The van der Waals surface area contributed by atoms with Gasteiger partial charge in [-0.05, 0) is 31.0 Å². The van der Waals surface area contributed by atoms with E-state index in [1.807, 2.05) is 24.3 Å². The molecule has 1 N–H and O–H groups in total. The number of esters is 1. The van der Waals surface area contributed by atoms with Crippen molar-refractivity contribution < 1.29 is 14.3 Å². The van der Waals surface area contributed by atoms with Crippen LogP contribution in [0.3, 0.4) is 0 Å². The molecule has 0 aliphatic heterocycles. The van der Waals surface area contributed by atoms with Crippen LogP contribution in [0.4, 0.5) is 0 Å². The SMILES string of the molecule is CCOC(=O)c1cccc(C=CCCNC(C)=O)c1. The Balaban J connectivity index is 2.54. The van der Waals surface area contributed by atoms with Crippen LogP contribution in [0.25, 0.3) is 6.08 Å². The fraction of sp³-hybridized carbons (Fsp3) is 0.333. The first-order valence-corrected chi connectivity index (χ1v) is 6.31. The van der Waals surface area contributed by atoms with Gasteiger partial charge in [0.2, 0.25) is 5.91 Å². The molecule has 0 fully saturated rings. The topological polar surface area (TPSA) is 55.4 Å². The maximum atomic E-state index is 11.6. The van der Waals surface area contributed by atoms with Crippen molar-refractivity contribution in [3.8, 4) is 0 Å². The minimum atomic E-state index is -0.309. The zero-order valence-electron chi connectivity index (χ0n) is 11.3. The molecule has 4 nitrogen and oxygen atoms in total. The van der Waals surface area contributed by atoms with Crippen LogP contribution in [0.5, 0.6) is 0 Å². The summed E-state index contributed by atoms with van der Waals surface area (Å²) in [5.74, 6) is -0.339. The van der Waals surface area contributed by atoms with Gasteiger partial charge >= 0.3 is 5.97 Å². The predicted molar refractivity (Wildman–Crippen MR) is 74.7 cm³/mol. The molecule has 1 rings (SSSR count). The third kappa shape index (κ3) is 5.86. The van der Waals surface area contributed by atoms with Crippen molar-refractivity contribution in [3.63, 3.8) is 0 Å². The highest BCUT2D eigenvalue weighted by Gasteiger charge is 2.05. The Morgan fingerprint density at radius 1 is 1.37 bits per heavy atom. The Bertz CT molecular complexity index is 466. The van der Waals surface area contributed by atoms with E-state index in [1.165, 1.54) is 6.92 Å². The summed E-state index contributed by atoms with van der Waals surface area (Å²) >= 11 is 0. The number of ether oxygens (including phenoxy) is 1. The average Bonchev–Trinajstić information content (AvgIpc) is 2.38. The summed E-state index contributed by atoms with van der Waals surface area (Å²) in [5.41, 5.74) is 1.49. The molecule has 1 aromatic rings.